The van der Waals surface area contributed by atoms with Crippen molar-refractivity contribution in [1.82, 2.24) is 4.90 Å². The fourth-order valence-corrected chi connectivity index (χ4v) is 2.69. The summed E-state index contributed by atoms with van der Waals surface area (Å²) in [5.74, 6) is -0.865. The number of likely N-dealkylation sites (N-methyl/N-ethyl adjacent to an activating group) is 1. The molecule has 1 unspecified atom stereocenters. The van der Waals surface area contributed by atoms with Gasteiger partial charge in [0.15, 0.2) is 0 Å². The Morgan fingerprint density at radius 2 is 2.26 bits per heavy atom. The number of hydrogen-bond acceptors (Lipinski definition) is 3. The molecule has 4 heteroatoms. The summed E-state index contributed by atoms with van der Waals surface area (Å²) in [5, 5.41) is 12.5. The number of nitrogens with one attached hydrogen (secondary N) is 1. The van der Waals surface area contributed by atoms with Crippen molar-refractivity contribution in [3.05, 3.63) is 29.3 Å². The molecular weight excluding hydrogens is 240 g/mol. The fraction of sp³-hybridized carbons (Fsp3) is 0.533. The maximum absolute atomic E-state index is 11.1. The molecule has 4 nitrogen and oxygen atoms in total. The molecule has 1 aliphatic rings. The highest BCUT2D eigenvalue weighted by molar-refractivity contribution is 5.91. The van der Waals surface area contributed by atoms with Gasteiger partial charge in [-0.25, -0.2) is 4.79 Å². The molecule has 1 fully saturated rings. The van der Waals surface area contributed by atoms with Crippen molar-refractivity contribution in [2.24, 2.45) is 0 Å². The van der Waals surface area contributed by atoms with Crippen LogP contribution in [0.15, 0.2) is 18.2 Å². The molecule has 0 aliphatic carbocycles. The summed E-state index contributed by atoms with van der Waals surface area (Å²) < 4.78 is 0. The van der Waals surface area contributed by atoms with E-state index in [1.807, 2.05) is 13.0 Å². The zero-order chi connectivity index (χ0) is 13.8. The highest BCUT2D eigenvalue weighted by atomic mass is 16.4. The van der Waals surface area contributed by atoms with Crippen LogP contribution in [-0.4, -0.2) is 42.2 Å². The van der Waals surface area contributed by atoms with Crippen molar-refractivity contribution in [1.29, 1.82) is 0 Å². The molecule has 19 heavy (non-hydrogen) atoms. The van der Waals surface area contributed by atoms with Gasteiger partial charge in [-0.05, 0) is 51.1 Å². The second-order valence-corrected chi connectivity index (χ2v) is 5.29. The Balaban J connectivity index is 2.03. The number of carboxylic acids is 1. The topological polar surface area (TPSA) is 52.6 Å². The Morgan fingerprint density at radius 1 is 1.47 bits per heavy atom. The number of piperidine rings is 1. The van der Waals surface area contributed by atoms with Crippen molar-refractivity contribution >= 4 is 11.7 Å². The minimum absolute atomic E-state index is 0.377. The number of carboxylic acid groups (broad SMARTS) is 1. The van der Waals surface area contributed by atoms with E-state index < -0.39 is 5.97 Å². The zero-order valence-electron chi connectivity index (χ0n) is 11.6. The molecule has 1 heterocycles. The quantitative estimate of drug-likeness (QED) is 0.875. The molecule has 2 N–H and O–H groups in total. The average Bonchev–Trinajstić information content (AvgIpc) is 2.39. The molecule has 0 spiro atoms. The van der Waals surface area contributed by atoms with Crippen LogP contribution in [-0.2, 0) is 0 Å². The lowest BCUT2D eigenvalue weighted by Gasteiger charge is -2.33. The lowest BCUT2D eigenvalue weighted by Crippen LogP contribution is -2.40. The third-order valence-electron chi connectivity index (χ3n) is 4.01. The summed E-state index contributed by atoms with van der Waals surface area (Å²) in [6, 6.07) is 5.94. The van der Waals surface area contributed by atoms with Gasteiger partial charge >= 0.3 is 5.97 Å². The van der Waals surface area contributed by atoms with Crippen LogP contribution in [0.1, 0.15) is 35.2 Å². The van der Waals surface area contributed by atoms with Gasteiger partial charge in [0, 0.05) is 18.3 Å². The van der Waals surface area contributed by atoms with Crippen LogP contribution in [0.5, 0.6) is 0 Å². The van der Waals surface area contributed by atoms with Crippen molar-refractivity contribution in [3.63, 3.8) is 0 Å². The summed E-state index contributed by atoms with van der Waals surface area (Å²) in [6.45, 7) is 3.89. The van der Waals surface area contributed by atoms with Crippen LogP contribution in [0.25, 0.3) is 0 Å². The standard InChI is InChI=1S/C15H22N2O2/c1-11-13(15(18)19)7-5-8-14(11)16-10-12-6-3-4-9-17(12)2/h5,7-8,12,16H,3-4,6,9-10H2,1-2H3,(H,18,19). The Hall–Kier alpha value is -1.55. The summed E-state index contributed by atoms with van der Waals surface area (Å²) in [4.78, 5) is 13.5. The number of rotatable bonds is 4. The van der Waals surface area contributed by atoms with Crippen LogP contribution in [0, 0.1) is 6.92 Å². The van der Waals surface area contributed by atoms with Crippen molar-refractivity contribution in [2.45, 2.75) is 32.2 Å². The van der Waals surface area contributed by atoms with Crippen LogP contribution in [0.4, 0.5) is 5.69 Å². The molecule has 104 valence electrons. The first-order valence-corrected chi connectivity index (χ1v) is 6.86. The highest BCUT2D eigenvalue weighted by Crippen LogP contribution is 2.21. The SMILES string of the molecule is Cc1c(NCC2CCCCN2C)cccc1C(=O)O. The van der Waals surface area contributed by atoms with Gasteiger partial charge in [-0.1, -0.05) is 12.5 Å². The van der Waals surface area contributed by atoms with E-state index in [0.29, 0.717) is 11.6 Å². The molecule has 1 aromatic carbocycles. The van der Waals surface area contributed by atoms with Gasteiger partial charge in [0.2, 0.25) is 0 Å². The van der Waals surface area contributed by atoms with Crippen molar-refractivity contribution in [2.75, 3.05) is 25.5 Å². The maximum atomic E-state index is 11.1. The first-order chi connectivity index (χ1) is 9.09. The van der Waals surface area contributed by atoms with E-state index in [-0.39, 0.29) is 0 Å². The number of likely N-dealkylation sites (tertiary alicyclic amines) is 1. The largest absolute Gasteiger partial charge is 0.478 e. The van der Waals surface area contributed by atoms with Crippen LogP contribution >= 0.6 is 0 Å². The molecule has 1 aromatic rings. The van der Waals surface area contributed by atoms with Crippen molar-refractivity contribution in [3.8, 4) is 0 Å². The number of anilines is 1. The summed E-state index contributed by atoms with van der Waals surface area (Å²) in [7, 11) is 2.16. The van der Waals surface area contributed by atoms with Gasteiger partial charge in [0.25, 0.3) is 0 Å². The number of hydrogen-bond donors (Lipinski definition) is 2. The smallest absolute Gasteiger partial charge is 0.336 e. The summed E-state index contributed by atoms with van der Waals surface area (Å²) >= 11 is 0. The van der Waals surface area contributed by atoms with Gasteiger partial charge in [0.05, 0.1) is 5.56 Å². The van der Waals surface area contributed by atoms with Gasteiger partial charge in [-0.15, -0.1) is 0 Å². The predicted octanol–water partition coefficient (Wildman–Crippen LogP) is 2.59. The molecule has 0 amide bonds. The van der Waals surface area contributed by atoms with E-state index in [9.17, 15) is 4.79 Å². The summed E-state index contributed by atoms with van der Waals surface area (Å²) in [5.41, 5.74) is 2.12. The van der Waals surface area contributed by atoms with Gasteiger partial charge in [0.1, 0.15) is 0 Å². The van der Waals surface area contributed by atoms with Gasteiger partial charge < -0.3 is 15.3 Å². The molecule has 1 saturated heterocycles. The lowest BCUT2D eigenvalue weighted by atomic mass is 10.0. The third kappa shape index (κ3) is 3.26. The zero-order valence-corrected chi connectivity index (χ0v) is 11.6. The molecule has 1 aliphatic heterocycles. The molecule has 0 aromatic heterocycles. The maximum Gasteiger partial charge on any atom is 0.336 e. The highest BCUT2D eigenvalue weighted by Gasteiger charge is 2.19. The van der Waals surface area contributed by atoms with E-state index in [4.69, 9.17) is 5.11 Å². The first-order valence-electron chi connectivity index (χ1n) is 6.86. The van der Waals surface area contributed by atoms with Crippen LogP contribution in [0.2, 0.25) is 0 Å². The van der Waals surface area contributed by atoms with E-state index in [1.54, 1.807) is 12.1 Å². The predicted molar refractivity (Wildman–Crippen MR) is 76.9 cm³/mol. The third-order valence-corrected chi connectivity index (χ3v) is 4.01. The number of nitrogens with zero attached hydrogens (tertiary/aromatic N) is 1. The molecular formula is C15H22N2O2. The van der Waals surface area contributed by atoms with Crippen LogP contribution in [0.3, 0.4) is 0 Å². The Bertz CT molecular complexity index is 459. The monoisotopic (exact) mass is 262 g/mol. The molecule has 0 bridgehead atoms. The normalized spacial score (nSPS) is 20.2. The summed E-state index contributed by atoms with van der Waals surface area (Å²) in [6.07, 6.45) is 3.77. The Labute approximate surface area is 114 Å². The van der Waals surface area contributed by atoms with Gasteiger partial charge in [-0.2, -0.15) is 0 Å². The first kappa shape index (κ1) is 13.9. The molecule has 0 radical (unpaired) electrons. The Kier molecular flexibility index (Phi) is 4.43. The molecule has 1 atom stereocenters. The number of aromatic carboxylic acids is 1. The van der Waals surface area contributed by atoms with E-state index in [0.717, 1.165) is 24.3 Å². The Morgan fingerprint density at radius 3 is 2.95 bits per heavy atom. The van der Waals surface area contributed by atoms with Gasteiger partial charge in [-0.3, -0.25) is 0 Å². The van der Waals surface area contributed by atoms with E-state index in [2.05, 4.69) is 17.3 Å². The van der Waals surface area contributed by atoms with E-state index >= 15 is 0 Å². The minimum atomic E-state index is -0.865. The second-order valence-electron chi connectivity index (χ2n) is 5.29. The molecule has 0 saturated carbocycles. The van der Waals surface area contributed by atoms with Crippen molar-refractivity contribution < 1.29 is 9.90 Å². The van der Waals surface area contributed by atoms with E-state index in [1.165, 1.54) is 19.3 Å². The number of benzene rings is 1. The fourth-order valence-electron chi connectivity index (χ4n) is 2.69. The second kappa shape index (κ2) is 6.06. The number of carbonyl (C=O) groups is 1. The average molecular weight is 262 g/mol. The van der Waals surface area contributed by atoms with Crippen LogP contribution < -0.4 is 5.32 Å². The molecule has 2 rings (SSSR count). The minimum Gasteiger partial charge on any atom is -0.478 e. The lowest BCUT2D eigenvalue weighted by molar-refractivity contribution is 0.0696.